The smallest absolute Gasteiger partial charge is 0.416 e. The fourth-order valence-corrected chi connectivity index (χ4v) is 7.24. The number of amides is 5. The summed E-state index contributed by atoms with van der Waals surface area (Å²) < 4.78 is 38.8. The highest BCUT2D eigenvalue weighted by molar-refractivity contribution is 6.20. The fourth-order valence-electron chi connectivity index (χ4n) is 7.24. The zero-order valence-corrected chi connectivity index (χ0v) is 21.9. The number of nitrogens with zero attached hydrogens (tertiary/aromatic N) is 3. The van der Waals surface area contributed by atoms with Crippen LogP contribution in [0, 0.1) is 17.2 Å². The summed E-state index contributed by atoms with van der Waals surface area (Å²) in [6, 6.07) is -0.525. The molecule has 2 aromatic rings. The van der Waals surface area contributed by atoms with Crippen molar-refractivity contribution in [3.63, 3.8) is 0 Å². The average molecular weight is 558 g/mol. The molecule has 40 heavy (non-hydrogen) atoms. The van der Waals surface area contributed by atoms with E-state index in [9.17, 15) is 19.2 Å². The van der Waals surface area contributed by atoms with Crippen LogP contribution in [0.2, 0.25) is 0 Å². The monoisotopic (exact) mass is 557 g/mol. The van der Waals surface area contributed by atoms with Crippen molar-refractivity contribution in [2.75, 3.05) is 36.2 Å². The second kappa shape index (κ2) is 8.86. The van der Waals surface area contributed by atoms with Crippen LogP contribution in [0.4, 0.5) is 25.5 Å². The molecule has 1 aromatic carbocycles. The van der Waals surface area contributed by atoms with Gasteiger partial charge in [-0.1, -0.05) is 5.16 Å². The highest BCUT2D eigenvalue weighted by Crippen LogP contribution is 2.50. The minimum absolute atomic E-state index is 0.0990. The van der Waals surface area contributed by atoms with Crippen LogP contribution in [0.15, 0.2) is 10.6 Å². The molecule has 1 spiro atoms. The van der Waals surface area contributed by atoms with E-state index >= 15 is 4.39 Å². The van der Waals surface area contributed by atoms with Crippen LogP contribution in [-0.4, -0.2) is 79.8 Å². The van der Waals surface area contributed by atoms with Gasteiger partial charge in [-0.15, -0.1) is 0 Å². The number of urea groups is 1. The molecule has 212 valence electrons. The number of imide groups is 2. The summed E-state index contributed by atoms with van der Waals surface area (Å²) >= 11 is 0. The van der Waals surface area contributed by atoms with E-state index in [1.165, 1.54) is 4.90 Å². The Balaban J connectivity index is 1.39. The van der Waals surface area contributed by atoms with Crippen molar-refractivity contribution >= 4 is 46.4 Å². The van der Waals surface area contributed by atoms with Gasteiger partial charge in [-0.25, -0.2) is 14.0 Å². The Morgan fingerprint density at radius 3 is 2.55 bits per heavy atom. The first-order valence-electron chi connectivity index (χ1n) is 13.4. The average Bonchev–Trinajstić information content (AvgIpc) is 3.50. The summed E-state index contributed by atoms with van der Waals surface area (Å²) in [4.78, 5) is 54.8. The third kappa shape index (κ3) is 3.41. The molecule has 1 unspecified atom stereocenters. The predicted molar refractivity (Wildman–Crippen MR) is 134 cm³/mol. The van der Waals surface area contributed by atoms with E-state index in [0.29, 0.717) is 18.8 Å². The van der Waals surface area contributed by atoms with Crippen molar-refractivity contribution < 1.29 is 42.3 Å². The van der Waals surface area contributed by atoms with Crippen LogP contribution in [0.1, 0.15) is 32.3 Å². The van der Waals surface area contributed by atoms with Crippen molar-refractivity contribution in [1.82, 2.24) is 15.8 Å². The number of aromatic nitrogens is 1. The number of carbonyl (C=O) groups excluding carboxylic acids is 4. The largest absolute Gasteiger partial charge is 0.447 e. The molecule has 5 amide bonds. The van der Waals surface area contributed by atoms with E-state index < -0.39 is 47.3 Å². The number of ether oxygens (including phenoxy) is 3. The summed E-state index contributed by atoms with van der Waals surface area (Å²) in [5, 5.41) is 8.78. The number of hydrogen-bond donors (Lipinski definition) is 2. The second-order valence-electron chi connectivity index (χ2n) is 11.2. The molecular weight excluding hydrogens is 529 g/mol. The van der Waals surface area contributed by atoms with Gasteiger partial charge in [-0.05, 0) is 44.2 Å². The van der Waals surface area contributed by atoms with Crippen molar-refractivity contribution in [2.24, 2.45) is 11.3 Å². The molecule has 2 N–H and O–H groups in total. The van der Waals surface area contributed by atoms with Gasteiger partial charge in [0.15, 0.2) is 17.1 Å². The zero-order chi connectivity index (χ0) is 27.9. The lowest BCUT2D eigenvalue weighted by Crippen LogP contribution is -2.75. The Morgan fingerprint density at radius 2 is 1.82 bits per heavy atom. The van der Waals surface area contributed by atoms with Crippen LogP contribution < -0.4 is 20.4 Å². The lowest BCUT2D eigenvalue weighted by Gasteiger charge is -2.55. The Kier molecular flexibility index (Phi) is 5.58. The van der Waals surface area contributed by atoms with E-state index in [1.54, 1.807) is 17.9 Å². The van der Waals surface area contributed by atoms with Crippen LogP contribution in [0.3, 0.4) is 0 Å². The molecule has 13 nitrogen and oxygen atoms in total. The molecule has 4 saturated heterocycles. The number of halogens is 1. The van der Waals surface area contributed by atoms with Gasteiger partial charge in [0, 0.05) is 26.2 Å². The first kappa shape index (κ1) is 25.2. The first-order valence-corrected chi connectivity index (χ1v) is 13.4. The molecule has 0 aliphatic carbocycles. The van der Waals surface area contributed by atoms with E-state index in [0.717, 1.165) is 12.8 Å². The summed E-state index contributed by atoms with van der Waals surface area (Å²) in [5.74, 6) is -2.05. The number of benzene rings is 1. The minimum atomic E-state index is -1.77. The summed E-state index contributed by atoms with van der Waals surface area (Å²) in [6.07, 6.45) is -0.342. The lowest BCUT2D eigenvalue weighted by atomic mass is 9.66. The van der Waals surface area contributed by atoms with Crippen LogP contribution in [0.5, 0.6) is 0 Å². The number of hydrogen-bond acceptors (Lipinski definition) is 10. The maximum Gasteiger partial charge on any atom is 0.416 e. The minimum Gasteiger partial charge on any atom is -0.447 e. The van der Waals surface area contributed by atoms with Crippen molar-refractivity contribution in [1.29, 1.82) is 0 Å². The number of barbiturate groups is 1. The van der Waals surface area contributed by atoms with E-state index in [2.05, 4.69) is 15.8 Å². The van der Waals surface area contributed by atoms with Gasteiger partial charge in [0.25, 0.3) is 0 Å². The number of cyclic esters (lactones) is 1. The molecule has 1 aromatic heterocycles. The molecule has 7 rings (SSSR count). The summed E-state index contributed by atoms with van der Waals surface area (Å²) in [5.41, 5.74) is -1.39. The highest BCUT2D eigenvalue weighted by Gasteiger charge is 2.63. The molecule has 4 fully saturated rings. The third-order valence-electron chi connectivity index (χ3n) is 8.89. The maximum absolute atomic E-state index is 16.4. The maximum atomic E-state index is 16.4. The van der Waals surface area contributed by atoms with Gasteiger partial charge < -0.3 is 23.6 Å². The van der Waals surface area contributed by atoms with E-state index in [1.807, 2.05) is 6.92 Å². The van der Waals surface area contributed by atoms with Gasteiger partial charge in [-0.2, -0.15) is 0 Å². The molecular formula is C26H28FN5O8. The third-order valence-corrected chi connectivity index (χ3v) is 8.89. The fraction of sp³-hybridized carbons (Fsp3) is 0.577. The van der Waals surface area contributed by atoms with Crippen molar-refractivity contribution in [3.05, 3.63) is 17.4 Å². The first-order chi connectivity index (χ1) is 19.2. The second-order valence-corrected chi connectivity index (χ2v) is 11.2. The topological polar surface area (TPSA) is 153 Å². The number of rotatable bonds is 2. The summed E-state index contributed by atoms with van der Waals surface area (Å²) in [7, 11) is 0. The molecule has 5 aliphatic heterocycles. The standard InChI is InChI=1S/C26H28FN5O8/c1-11-9-31-18-14(8-26(20(31)12(2)39-11)22(33)28-24(35)29-23(26)34)7-15-19(17(18)27)40-30-21(15)32-16(10-38-25(32)36)13-3-5-37-6-4-13/h7,11-13,16,20H,3-6,8-10H2,1-2H3,(H2,28,29,33,34,35)/t11-,12+,16?,20-/m1/s1. The molecule has 6 heterocycles. The molecule has 5 aliphatic rings. The Labute approximate surface area is 227 Å². The lowest BCUT2D eigenvalue weighted by molar-refractivity contribution is -0.153. The summed E-state index contributed by atoms with van der Waals surface area (Å²) in [6.45, 7) is 5.01. The number of morpholine rings is 1. The molecule has 0 saturated carbocycles. The zero-order valence-electron chi connectivity index (χ0n) is 21.9. The quantitative estimate of drug-likeness (QED) is 0.521. The van der Waals surface area contributed by atoms with Crippen LogP contribution in [-0.2, 0) is 30.2 Å². The van der Waals surface area contributed by atoms with Crippen molar-refractivity contribution in [2.45, 2.75) is 57.4 Å². The predicted octanol–water partition coefficient (Wildman–Crippen LogP) is 1.61. The van der Waals surface area contributed by atoms with Gasteiger partial charge >= 0.3 is 12.1 Å². The normalized spacial score (nSPS) is 30.3. The SMILES string of the molecule is C[C@@H]1CN2c3c(cc4c(N5C(=O)OCC5C5CCOCC5)noc4c3F)CC3(C(=O)NC(=O)NC3=O)[C@H]2[C@H](C)O1. The van der Waals surface area contributed by atoms with Gasteiger partial charge in [0.2, 0.25) is 17.4 Å². The van der Waals surface area contributed by atoms with Crippen LogP contribution in [0.25, 0.3) is 11.0 Å². The van der Waals surface area contributed by atoms with Gasteiger partial charge in [0.1, 0.15) is 6.61 Å². The van der Waals surface area contributed by atoms with E-state index in [4.69, 9.17) is 18.7 Å². The van der Waals surface area contributed by atoms with Gasteiger partial charge in [-0.3, -0.25) is 25.1 Å². The van der Waals surface area contributed by atoms with E-state index in [-0.39, 0.29) is 60.1 Å². The number of carbonyl (C=O) groups is 4. The Morgan fingerprint density at radius 1 is 1.10 bits per heavy atom. The Bertz CT molecular complexity index is 1430. The van der Waals surface area contributed by atoms with Crippen molar-refractivity contribution in [3.8, 4) is 0 Å². The molecule has 14 heteroatoms. The number of fused-ring (bicyclic) bond motifs is 5. The Hall–Kier alpha value is -3.78. The molecule has 0 radical (unpaired) electrons. The highest BCUT2D eigenvalue weighted by atomic mass is 19.1. The van der Waals surface area contributed by atoms with Crippen LogP contribution >= 0.6 is 0 Å². The molecule has 0 bridgehead atoms. The number of anilines is 2. The number of nitrogens with one attached hydrogen (secondary N) is 2. The molecule has 4 atom stereocenters. The van der Waals surface area contributed by atoms with Gasteiger partial charge in [0.05, 0.1) is 35.4 Å².